The number of halogens is 1. The third kappa shape index (κ3) is 2.97. The third-order valence-electron chi connectivity index (χ3n) is 3.31. The number of amides is 1. The lowest BCUT2D eigenvalue weighted by atomic mass is 10.0. The van der Waals surface area contributed by atoms with Gasteiger partial charge in [-0.25, -0.2) is 4.79 Å². The number of benzene rings is 1. The van der Waals surface area contributed by atoms with Crippen LogP contribution in [0.2, 0.25) is 0 Å². The predicted molar refractivity (Wildman–Crippen MR) is 74.8 cm³/mol. The fraction of sp³-hybridized carbons (Fsp3) is 0.429. The van der Waals surface area contributed by atoms with Crippen molar-refractivity contribution in [3.05, 3.63) is 33.8 Å². The van der Waals surface area contributed by atoms with Crippen LogP contribution < -0.4 is 0 Å². The predicted octanol–water partition coefficient (Wildman–Crippen LogP) is 2.89. The first kappa shape index (κ1) is 14.1. The summed E-state index contributed by atoms with van der Waals surface area (Å²) in [6.45, 7) is 3.34. The fourth-order valence-corrected chi connectivity index (χ4v) is 2.51. The molecule has 1 aromatic carbocycles. The summed E-state index contributed by atoms with van der Waals surface area (Å²) in [5.41, 5.74) is 1.61. The van der Waals surface area contributed by atoms with Gasteiger partial charge in [0, 0.05) is 17.4 Å². The van der Waals surface area contributed by atoms with Gasteiger partial charge < -0.3 is 10.0 Å². The van der Waals surface area contributed by atoms with E-state index in [9.17, 15) is 14.7 Å². The smallest absolute Gasteiger partial charge is 0.331 e. The zero-order valence-corrected chi connectivity index (χ0v) is 12.5. The summed E-state index contributed by atoms with van der Waals surface area (Å²) in [6.07, 6.45) is 1.78. The molecule has 0 spiro atoms. The second-order valence-electron chi connectivity index (χ2n) is 4.91. The van der Waals surface area contributed by atoms with Gasteiger partial charge in [-0.3, -0.25) is 4.79 Å². The molecule has 4 nitrogen and oxygen atoms in total. The van der Waals surface area contributed by atoms with E-state index in [1.165, 1.54) is 11.8 Å². The minimum atomic E-state index is -0.983. The average molecular weight is 326 g/mol. The Balaban J connectivity index is 2.41. The van der Waals surface area contributed by atoms with E-state index in [2.05, 4.69) is 15.9 Å². The third-order valence-corrected chi connectivity index (χ3v) is 4.20. The van der Waals surface area contributed by atoms with E-state index in [1.807, 2.05) is 19.1 Å². The molecule has 0 aromatic heterocycles. The first-order chi connectivity index (χ1) is 8.91. The standard InChI is InChI=1S/C14H16BrNO3/c1-8-7-10(3-6-12(8)15)13(14(18)19)16(9(2)17)11-4-5-11/h3,6-7,11,13H,4-5H2,1-2H3,(H,18,19). The first-order valence-corrected chi connectivity index (χ1v) is 6.99. The summed E-state index contributed by atoms with van der Waals surface area (Å²) in [6, 6.07) is 4.58. The molecule has 1 aromatic rings. The molecule has 0 bridgehead atoms. The van der Waals surface area contributed by atoms with E-state index in [0.717, 1.165) is 22.9 Å². The van der Waals surface area contributed by atoms with Gasteiger partial charge in [0.15, 0.2) is 6.04 Å². The highest BCUT2D eigenvalue weighted by Gasteiger charge is 2.39. The molecule has 1 fully saturated rings. The molecular formula is C14H16BrNO3. The van der Waals surface area contributed by atoms with Crippen LogP contribution in [0.5, 0.6) is 0 Å². The maximum atomic E-state index is 11.7. The number of aryl methyl sites for hydroxylation is 1. The van der Waals surface area contributed by atoms with Gasteiger partial charge in [-0.2, -0.15) is 0 Å². The molecule has 0 saturated heterocycles. The van der Waals surface area contributed by atoms with E-state index < -0.39 is 12.0 Å². The number of carboxylic acid groups (broad SMARTS) is 1. The first-order valence-electron chi connectivity index (χ1n) is 6.19. The lowest BCUT2D eigenvalue weighted by Gasteiger charge is -2.28. The van der Waals surface area contributed by atoms with Crippen LogP contribution in [0.4, 0.5) is 0 Å². The molecule has 1 unspecified atom stereocenters. The summed E-state index contributed by atoms with van der Waals surface area (Å²) in [7, 11) is 0. The van der Waals surface area contributed by atoms with Crippen molar-refractivity contribution in [2.24, 2.45) is 0 Å². The van der Waals surface area contributed by atoms with Crippen molar-refractivity contribution in [2.75, 3.05) is 0 Å². The number of hydrogen-bond donors (Lipinski definition) is 1. The molecule has 0 radical (unpaired) electrons. The SMILES string of the molecule is CC(=O)N(C1CC1)C(C(=O)O)c1ccc(Br)c(C)c1. The Labute approximate surface area is 120 Å². The Morgan fingerprint density at radius 1 is 1.42 bits per heavy atom. The van der Waals surface area contributed by atoms with Gasteiger partial charge in [0.05, 0.1) is 0 Å². The average Bonchev–Trinajstić information content (AvgIpc) is 3.12. The molecule has 1 aliphatic rings. The molecule has 1 N–H and O–H groups in total. The summed E-state index contributed by atoms with van der Waals surface area (Å²) in [5, 5.41) is 9.48. The molecule has 5 heteroatoms. The topological polar surface area (TPSA) is 57.6 Å². The number of rotatable bonds is 4. The molecule has 102 valence electrons. The van der Waals surface area contributed by atoms with Crippen molar-refractivity contribution >= 4 is 27.8 Å². The molecule has 1 amide bonds. The Morgan fingerprint density at radius 2 is 2.05 bits per heavy atom. The fourth-order valence-electron chi connectivity index (χ4n) is 2.26. The minimum absolute atomic E-state index is 0.0718. The van der Waals surface area contributed by atoms with Crippen LogP contribution in [0, 0.1) is 6.92 Å². The van der Waals surface area contributed by atoms with E-state index in [4.69, 9.17) is 0 Å². The number of carboxylic acids is 1. The molecule has 1 atom stereocenters. The monoisotopic (exact) mass is 325 g/mol. The van der Waals surface area contributed by atoms with Gasteiger partial charge in [-0.15, -0.1) is 0 Å². The van der Waals surface area contributed by atoms with Gasteiger partial charge in [0.2, 0.25) is 5.91 Å². The van der Waals surface area contributed by atoms with Crippen LogP contribution in [-0.4, -0.2) is 27.9 Å². The van der Waals surface area contributed by atoms with Crippen molar-refractivity contribution in [2.45, 2.75) is 38.8 Å². The highest BCUT2D eigenvalue weighted by molar-refractivity contribution is 9.10. The minimum Gasteiger partial charge on any atom is -0.479 e. The number of nitrogens with zero attached hydrogens (tertiary/aromatic N) is 1. The molecule has 0 heterocycles. The van der Waals surface area contributed by atoms with E-state index >= 15 is 0 Å². The molecule has 0 aliphatic heterocycles. The number of carbonyl (C=O) groups is 2. The van der Waals surface area contributed by atoms with Crippen molar-refractivity contribution in [3.8, 4) is 0 Å². The Morgan fingerprint density at radius 3 is 2.47 bits per heavy atom. The largest absolute Gasteiger partial charge is 0.479 e. The number of carbonyl (C=O) groups excluding carboxylic acids is 1. The van der Waals surface area contributed by atoms with Crippen LogP contribution in [0.15, 0.2) is 22.7 Å². The van der Waals surface area contributed by atoms with Crippen molar-refractivity contribution in [1.82, 2.24) is 4.90 Å². The molecule has 1 saturated carbocycles. The second-order valence-corrected chi connectivity index (χ2v) is 5.76. The Bertz CT molecular complexity index is 525. The lowest BCUT2D eigenvalue weighted by molar-refractivity contribution is -0.150. The highest BCUT2D eigenvalue weighted by atomic mass is 79.9. The summed E-state index contributed by atoms with van der Waals surface area (Å²) < 4.78 is 0.932. The van der Waals surface area contributed by atoms with E-state index in [0.29, 0.717) is 5.56 Å². The summed E-state index contributed by atoms with van der Waals surface area (Å²) in [5.74, 6) is -1.17. The summed E-state index contributed by atoms with van der Waals surface area (Å²) >= 11 is 3.39. The normalized spacial score (nSPS) is 15.9. The quantitative estimate of drug-likeness (QED) is 0.926. The molecule has 2 rings (SSSR count). The van der Waals surface area contributed by atoms with E-state index in [-0.39, 0.29) is 11.9 Å². The van der Waals surface area contributed by atoms with Crippen LogP contribution in [-0.2, 0) is 9.59 Å². The van der Waals surface area contributed by atoms with Crippen molar-refractivity contribution < 1.29 is 14.7 Å². The van der Waals surface area contributed by atoms with Gasteiger partial charge in [0.25, 0.3) is 0 Å². The maximum Gasteiger partial charge on any atom is 0.331 e. The molecular weight excluding hydrogens is 310 g/mol. The zero-order chi connectivity index (χ0) is 14.2. The summed E-state index contributed by atoms with van der Waals surface area (Å²) in [4.78, 5) is 24.8. The maximum absolute atomic E-state index is 11.7. The van der Waals surface area contributed by atoms with E-state index in [1.54, 1.807) is 6.07 Å². The van der Waals surface area contributed by atoms with Crippen LogP contribution in [0.3, 0.4) is 0 Å². The van der Waals surface area contributed by atoms with Gasteiger partial charge >= 0.3 is 5.97 Å². The number of hydrogen-bond acceptors (Lipinski definition) is 2. The van der Waals surface area contributed by atoms with Crippen molar-refractivity contribution in [1.29, 1.82) is 0 Å². The van der Waals surface area contributed by atoms with Gasteiger partial charge in [-0.1, -0.05) is 28.1 Å². The van der Waals surface area contributed by atoms with Crippen LogP contribution >= 0.6 is 15.9 Å². The number of aliphatic carboxylic acids is 1. The molecule has 19 heavy (non-hydrogen) atoms. The lowest BCUT2D eigenvalue weighted by Crippen LogP contribution is -2.39. The van der Waals surface area contributed by atoms with Crippen LogP contribution in [0.1, 0.15) is 36.9 Å². The Hall–Kier alpha value is -1.36. The van der Waals surface area contributed by atoms with Gasteiger partial charge in [-0.05, 0) is 37.0 Å². The zero-order valence-electron chi connectivity index (χ0n) is 10.9. The Kier molecular flexibility index (Phi) is 3.94. The van der Waals surface area contributed by atoms with Crippen LogP contribution in [0.25, 0.3) is 0 Å². The van der Waals surface area contributed by atoms with Gasteiger partial charge in [0.1, 0.15) is 0 Å². The second kappa shape index (κ2) is 5.33. The van der Waals surface area contributed by atoms with Crippen molar-refractivity contribution in [3.63, 3.8) is 0 Å². The molecule has 1 aliphatic carbocycles. The highest BCUT2D eigenvalue weighted by Crippen LogP contribution is 2.35.